The van der Waals surface area contributed by atoms with Crippen LogP contribution in [0, 0.1) is 6.92 Å². The van der Waals surface area contributed by atoms with Gasteiger partial charge < -0.3 is 15.0 Å². The van der Waals surface area contributed by atoms with E-state index in [2.05, 4.69) is 10.3 Å². The van der Waals surface area contributed by atoms with Crippen LogP contribution in [0.2, 0.25) is 0 Å². The lowest BCUT2D eigenvalue weighted by atomic mass is 9.96. The molecule has 1 atom stereocenters. The van der Waals surface area contributed by atoms with E-state index in [1.54, 1.807) is 34.3 Å². The predicted molar refractivity (Wildman–Crippen MR) is 135 cm³/mol. The van der Waals surface area contributed by atoms with Crippen LogP contribution >= 0.6 is 11.3 Å². The van der Waals surface area contributed by atoms with Gasteiger partial charge in [-0.25, -0.2) is 0 Å². The highest BCUT2D eigenvalue weighted by molar-refractivity contribution is 7.12. The molecule has 3 amide bonds. The number of amides is 3. The summed E-state index contributed by atoms with van der Waals surface area (Å²) in [7, 11) is 0. The van der Waals surface area contributed by atoms with Crippen LogP contribution in [0.3, 0.4) is 0 Å². The number of nitrogens with one attached hydrogen (secondary N) is 1. The topological polar surface area (TPSA) is 91.8 Å². The molecule has 1 aromatic carbocycles. The highest BCUT2D eigenvalue weighted by Crippen LogP contribution is 2.39. The van der Waals surface area contributed by atoms with Gasteiger partial charge in [0, 0.05) is 50.4 Å². The number of likely N-dealkylation sites (tertiary alicyclic amines) is 1. The molecule has 0 saturated carbocycles. The molecule has 36 heavy (non-hydrogen) atoms. The lowest BCUT2D eigenvalue weighted by Gasteiger charge is -2.44. The molecule has 0 radical (unpaired) electrons. The third kappa shape index (κ3) is 4.76. The maximum Gasteiger partial charge on any atom is 0.263 e. The molecule has 8 nitrogen and oxygen atoms in total. The van der Waals surface area contributed by atoms with Gasteiger partial charge in [-0.2, -0.15) is 0 Å². The van der Waals surface area contributed by atoms with Gasteiger partial charge in [0.1, 0.15) is 11.8 Å². The summed E-state index contributed by atoms with van der Waals surface area (Å²) in [4.78, 5) is 48.2. The molecule has 2 aliphatic heterocycles. The van der Waals surface area contributed by atoms with Crippen LogP contribution in [-0.2, 0) is 16.1 Å². The molecular weight excluding hydrogens is 476 g/mol. The van der Waals surface area contributed by atoms with E-state index in [0.717, 1.165) is 11.1 Å². The van der Waals surface area contributed by atoms with Crippen molar-refractivity contribution < 1.29 is 19.1 Å². The first-order valence-corrected chi connectivity index (χ1v) is 12.9. The van der Waals surface area contributed by atoms with Crippen LogP contribution in [0.4, 0.5) is 0 Å². The first-order chi connectivity index (χ1) is 17.5. The van der Waals surface area contributed by atoms with Crippen LogP contribution < -0.4 is 5.32 Å². The van der Waals surface area contributed by atoms with Gasteiger partial charge in [-0.15, -0.1) is 11.3 Å². The zero-order valence-electron chi connectivity index (χ0n) is 20.1. The van der Waals surface area contributed by atoms with Gasteiger partial charge in [0.25, 0.3) is 11.8 Å². The normalized spacial score (nSPS) is 18.9. The van der Waals surface area contributed by atoms with Crippen molar-refractivity contribution >= 4 is 29.1 Å². The van der Waals surface area contributed by atoms with E-state index in [-0.39, 0.29) is 24.3 Å². The summed E-state index contributed by atoms with van der Waals surface area (Å²) in [5.74, 6) is -0.527. The smallest absolute Gasteiger partial charge is 0.263 e. The van der Waals surface area contributed by atoms with E-state index >= 15 is 0 Å². The van der Waals surface area contributed by atoms with Crippen molar-refractivity contribution in [1.29, 1.82) is 0 Å². The van der Waals surface area contributed by atoms with E-state index in [0.29, 0.717) is 42.9 Å². The Bertz CT molecular complexity index is 1220. The van der Waals surface area contributed by atoms with Crippen molar-refractivity contribution in [2.24, 2.45) is 0 Å². The van der Waals surface area contributed by atoms with Gasteiger partial charge in [-0.05, 0) is 42.1 Å². The monoisotopic (exact) mass is 504 g/mol. The molecular formula is C27H28N4O4S. The van der Waals surface area contributed by atoms with Crippen LogP contribution in [-0.4, -0.2) is 64.0 Å². The van der Waals surface area contributed by atoms with Crippen molar-refractivity contribution in [3.8, 4) is 0 Å². The molecule has 2 aromatic heterocycles. The summed E-state index contributed by atoms with van der Waals surface area (Å²) < 4.78 is 6.26. The molecule has 2 fully saturated rings. The molecule has 1 spiro atoms. The predicted octanol–water partition coefficient (Wildman–Crippen LogP) is 3.24. The number of pyridine rings is 1. The first kappa shape index (κ1) is 24.1. The molecule has 0 aliphatic carbocycles. The summed E-state index contributed by atoms with van der Waals surface area (Å²) in [5.41, 5.74) is 1.49. The fourth-order valence-electron chi connectivity index (χ4n) is 4.83. The molecule has 0 unspecified atom stereocenters. The number of nitrogens with zero attached hydrogens (tertiary/aromatic N) is 3. The minimum Gasteiger partial charge on any atom is -0.353 e. The molecule has 2 aliphatic rings. The lowest BCUT2D eigenvalue weighted by Crippen LogP contribution is -2.59. The maximum atomic E-state index is 13.8. The number of aryl methyl sites for hydroxylation is 1. The molecule has 186 valence electrons. The highest BCUT2D eigenvalue weighted by atomic mass is 32.1. The summed E-state index contributed by atoms with van der Waals surface area (Å²) >= 11 is 1.42. The first-order valence-electron chi connectivity index (χ1n) is 12.0. The van der Waals surface area contributed by atoms with Gasteiger partial charge in [-0.3, -0.25) is 24.3 Å². The molecule has 2 saturated heterocycles. The largest absolute Gasteiger partial charge is 0.353 e. The van der Waals surface area contributed by atoms with Gasteiger partial charge in [0.05, 0.1) is 11.5 Å². The standard InChI is InChI=1S/C27H28N4O4S/c1-19-6-8-21(9-7-19)25(33)31-22(24(32)29-17-20-4-2-12-28-16-20)18-35-27(31)10-13-30(14-11-27)26(34)23-5-3-15-36-23/h2-9,12,15-16,22H,10-11,13-14,17-18H2,1H3,(H,29,32)/t22-/m0/s1. The molecule has 9 heteroatoms. The second kappa shape index (κ2) is 10.2. The van der Waals surface area contributed by atoms with E-state index in [1.807, 2.05) is 48.7 Å². The summed E-state index contributed by atoms with van der Waals surface area (Å²) in [5, 5.41) is 4.82. The van der Waals surface area contributed by atoms with Crippen molar-refractivity contribution in [1.82, 2.24) is 20.1 Å². The van der Waals surface area contributed by atoms with Gasteiger partial charge in [-0.1, -0.05) is 29.8 Å². The number of carbonyl (C=O) groups is 3. The Morgan fingerprint density at radius 3 is 2.53 bits per heavy atom. The minimum absolute atomic E-state index is 0.0139. The van der Waals surface area contributed by atoms with Crippen LogP contribution in [0.15, 0.2) is 66.3 Å². The van der Waals surface area contributed by atoms with Crippen molar-refractivity contribution in [2.75, 3.05) is 19.7 Å². The van der Waals surface area contributed by atoms with Gasteiger partial charge in [0.2, 0.25) is 5.91 Å². The zero-order valence-corrected chi connectivity index (χ0v) is 20.9. The second-order valence-corrected chi connectivity index (χ2v) is 10.1. The molecule has 4 heterocycles. The third-order valence-electron chi connectivity index (χ3n) is 6.83. The van der Waals surface area contributed by atoms with Crippen molar-refractivity contribution in [3.63, 3.8) is 0 Å². The number of piperidine rings is 1. The summed E-state index contributed by atoms with van der Waals surface area (Å²) in [6, 6.07) is 13.9. The van der Waals surface area contributed by atoms with Crippen molar-refractivity contribution in [3.05, 3.63) is 87.9 Å². The Labute approximate surface area is 213 Å². The summed E-state index contributed by atoms with van der Waals surface area (Å²) in [6.45, 7) is 3.27. The van der Waals surface area contributed by atoms with Gasteiger partial charge in [0.15, 0.2) is 0 Å². The number of carbonyl (C=O) groups excluding carboxylic acids is 3. The number of rotatable bonds is 5. The highest BCUT2D eigenvalue weighted by Gasteiger charge is 2.54. The Morgan fingerprint density at radius 1 is 1.08 bits per heavy atom. The average molecular weight is 505 g/mol. The van der Waals surface area contributed by atoms with Crippen LogP contribution in [0.5, 0.6) is 0 Å². The van der Waals surface area contributed by atoms with E-state index in [9.17, 15) is 14.4 Å². The Morgan fingerprint density at radius 2 is 1.86 bits per heavy atom. The second-order valence-electron chi connectivity index (χ2n) is 9.16. The molecule has 5 rings (SSSR count). The SMILES string of the molecule is Cc1ccc(C(=O)N2[C@H](C(=O)NCc3cccnc3)COC23CCN(C(=O)c2cccs2)CC3)cc1. The van der Waals surface area contributed by atoms with E-state index in [4.69, 9.17) is 4.74 Å². The fraction of sp³-hybridized carbons (Fsp3) is 0.333. The van der Waals surface area contributed by atoms with E-state index in [1.165, 1.54) is 11.3 Å². The number of hydrogen-bond donors (Lipinski definition) is 1. The Kier molecular flexibility index (Phi) is 6.84. The molecule has 3 aromatic rings. The number of hydrogen-bond acceptors (Lipinski definition) is 6. The minimum atomic E-state index is -0.940. The number of benzene rings is 1. The Hall–Kier alpha value is -3.56. The zero-order chi connectivity index (χ0) is 25.1. The van der Waals surface area contributed by atoms with Crippen molar-refractivity contribution in [2.45, 2.75) is 38.1 Å². The average Bonchev–Trinajstić information content (AvgIpc) is 3.57. The number of aromatic nitrogens is 1. The quantitative estimate of drug-likeness (QED) is 0.576. The number of thiophene rings is 1. The van der Waals surface area contributed by atoms with Crippen LogP contribution in [0.25, 0.3) is 0 Å². The van der Waals surface area contributed by atoms with Gasteiger partial charge >= 0.3 is 0 Å². The lowest BCUT2D eigenvalue weighted by molar-refractivity contribution is -0.128. The third-order valence-corrected chi connectivity index (χ3v) is 7.69. The fourth-order valence-corrected chi connectivity index (χ4v) is 5.52. The van der Waals surface area contributed by atoms with Crippen LogP contribution in [0.1, 0.15) is 44.0 Å². The Balaban J connectivity index is 1.36. The molecule has 1 N–H and O–H groups in total. The number of ether oxygens (including phenoxy) is 1. The van der Waals surface area contributed by atoms with E-state index < -0.39 is 11.8 Å². The summed E-state index contributed by atoms with van der Waals surface area (Å²) in [6.07, 6.45) is 4.25. The maximum absolute atomic E-state index is 13.8. The molecule has 0 bridgehead atoms.